The SMILES string of the molecule is CC(NS(=O)(=O)c1cc(Cl)cc(N)c1Br)C1CCCC1. The third-order valence-corrected chi connectivity index (χ3v) is 6.72. The van der Waals surface area contributed by atoms with Crippen LogP contribution in [0.2, 0.25) is 5.02 Å². The zero-order valence-electron chi connectivity index (χ0n) is 11.2. The molecular weight excluding hydrogens is 364 g/mol. The van der Waals surface area contributed by atoms with Gasteiger partial charge in [0.05, 0.1) is 9.37 Å². The standard InChI is InChI=1S/C13H18BrClN2O2S/c1-8(9-4-2-3-5-9)17-20(18,19)12-7-10(15)6-11(16)13(12)14/h6-9,17H,2-5,16H2,1H3. The van der Waals surface area contributed by atoms with E-state index in [4.69, 9.17) is 17.3 Å². The van der Waals surface area contributed by atoms with Gasteiger partial charge in [-0.1, -0.05) is 24.4 Å². The lowest BCUT2D eigenvalue weighted by atomic mass is 10.0. The van der Waals surface area contributed by atoms with Crippen LogP contribution in [0.4, 0.5) is 5.69 Å². The van der Waals surface area contributed by atoms with Gasteiger partial charge < -0.3 is 5.73 Å². The lowest BCUT2D eigenvalue weighted by Crippen LogP contribution is -2.37. The molecule has 0 aliphatic heterocycles. The first kappa shape index (κ1) is 16.1. The molecular formula is C13H18BrClN2O2S. The molecule has 0 radical (unpaired) electrons. The highest BCUT2D eigenvalue weighted by atomic mass is 79.9. The van der Waals surface area contributed by atoms with Crippen molar-refractivity contribution in [2.45, 2.75) is 43.5 Å². The molecule has 1 atom stereocenters. The summed E-state index contributed by atoms with van der Waals surface area (Å²) in [5.74, 6) is 0.403. The Morgan fingerprint density at radius 1 is 1.40 bits per heavy atom. The van der Waals surface area contributed by atoms with Crippen molar-refractivity contribution >= 4 is 43.2 Å². The van der Waals surface area contributed by atoms with E-state index in [2.05, 4.69) is 20.7 Å². The fraction of sp³-hybridized carbons (Fsp3) is 0.538. The maximum atomic E-state index is 12.5. The van der Waals surface area contributed by atoms with Gasteiger partial charge in [-0.25, -0.2) is 13.1 Å². The fourth-order valence-electron chi connectivity index (χ4n) is 2.64. The molecule has 1 fully saturated rings. The number of hydrogen-bond acceptors (Lipinski definition) is 3. The van der Waals surface area contributed by atoms with Crippen LogP contribution in [-0.2, 0) is 10.0 Å². The van der Waals surface area contributed by atoms with E-state index in [9.17, 15) is 8.42 Å². The molecule has 0 amide bonds. The molecule has 1 unspecified atom stereocenters. The van der Waals surface area contributed by atoms with Crippen LogP contribution in [0.15, 0.2) is 21.5 Å². The molecule has 7 heteroatoms. The Morgan fingerprint density at radius 2 is 2.00 bits per heavy atom. The Labute approximate surface area is 133 Å². The summed E-state index contributed by atoms with van der Waals surface area (Å²) in [6.45, 7) is 1.91. The van der Waals surface area contributed by atoms with Gasteiger partial charge in [-0.05, 0) is 53.7 Å². The van der Waals surface area contributed by atoms with Crippen molar-refractivity contribution in [1.29, 1.82) is 0 Å². The normalized spacial score (nSPS) is 18.4. The van der Waals surface area contributed by atoms with E-state index in [-0.39, 0.29) is 10.9 Å². The van der Waals surface area contributed by atoms with Crippen LogP contribution < -0.4 is 10.5 Å². The van der Waals surface area contributed by atoms with Gasteiger partial charge in [-0.3, -0.25) is 0 Å². The van der Waals surface area contributed by atoms with Gasteiger partial charge in [-0.15, -0.1) is 0 Å². The lowest BCUT2D eigenvalue weighted by Gasteiger charge is -2.21. The van der Waals surface area contributed by atoms with Crippen molar-refractivity contribution in [2.75, 3.05) is 5.73 Å². The third kappa shape index (κ3) is 3.47. The number of sulfonamides is 1. The highest BCUT2D eigenvalue weighted by Crippen LogP contribution is 2.33. The van der Waals surface area contributed by atoms with Crippen molar-refractivity contribution in [2.24, 2.45) is 5.92 Å². The molecule has 0 saturated heterocycles. The topological polar surface area (TPSA) is 72.2 Å². The largest absolute Gasteiger partial charge is 0.398 e. The number of hydrogen-bond donors (Lipinski definition) is 2. The summed E-state index contributed by atoms with van der Waals surface area (Å²) >= 11 is 9.12. The molecule has 3 N–H and O–H groups in total. The summed E-state index contributed by atoms with van der Waals surface area (Å²) in [4.78, 5) is 0.0901. The summed E-state index contributed by atoms with van der Waals surface area (Å²) in [6.07, 6.45) is 4.49. The van der Waals surface area contributed by atoms with Gasteiger partial charge in [0.2, 0.25) is 10.0 Å². The average molecular weight is 382 g/mol. The van der Waals surface area contributed by atoms with Crippen LogP contribution in [-0.4, -0.2) is 14.5 Å². The van der Waals surface area contributed by atoms with Crippen LogP contribution in [0.1, 0.15) is 32.6 Å². The van der Waals surface area contributed by atoms with Crippen LogP contribution >= 0.6 is 27.5 Å². The zero-order chi connectivity index (χ0) is 14.9. The van der Waals surface area contributed by atoms with Crippen molar-refractivity contribution in [3.63, 3.8) is 0 Å². The second-order valence-electron chi connectivity index (χ2n) is 5.26. The van der Waals surface area contributed by atoms with E-state index in [0.717, 1.165) is 12.8 Å². The summed E-state index contributed by atoms with van der Waals surface area (Å²) < 4.78 is 28.0. The van der Waals surface area contributed by atoms with Gasteiger partial charge in [-0.2, -0.15) is 0 Å². The number of benzene rings is 1. The summed E-state index contributed by atoms with van der Waals surface area (Å²) in [5, 5.41) is 0.305. The first-order valence-electron chi connectivity index (χ1n) is 6.58. The molecule has 1 aliphatic carbocycles. The van der Waals surface area contributed by atoms with E-state index >= 15 is 0 Å². The second-order valence-corrected chi connectivity index (χ2v) is 8.17. The van der Waals surface area contributed by atoms with E-state index < -0.39 is 10.0 Å². The highest BCUT2D eigenvalue weighted by molar-refractivity contribution is 9.10. The molecule has 0 spiro atoms. The first-order valence-corrected chi connectivity index (χ1v) is 9.23. The molecule has 0 heterocycles. The highest BCUT2D eigenvalue weighted by Gasteiger charge is 2.27. The molecule has 112 valence electrons. The van der Waals surface area contributed by atoms with Crippen LogP contribution in [0.5, 0.6) is 0 Å². The minimum atomic E-state index is -3.63. The Morgan fingerprint density at radius 3 is 2.60 bits per heavy atom. The number of halogens is 2. The molecule has 0 bridgehead atoms. The monoisotopic (exact) mass is 380 g/mol. The molecule has 20 heavy (non-hydrogen) atoms. The molecule has 1 aromatic rings. The average Bonchev–Trinajstić information content (AvgIpc) is 2.86. The molecule has 1 saturated carbocycles. The Balaban J connectivity index is 2.26. The lowest BCUT2D eigenvalue weighted by molar-refractivity contribution is 0.424. The third-order valence-electron chi connectivity index (χ3n) is 3.77. The summed E-state index contributed by atoms with van der Waals surface area (Å²) in [6, 6.07) is 2.84. The molecule has 1 aromatic carbocycles. The minimum Gasteiger partial charge on any atom is -0.398 e. The maximum Gasteiger partial charge on any atom is 0.242 e. The van der Waals surface area contributed by atoms with Crippen molar-refractivity contribution in [3.8, 4) is 0 Å². The smallest absolute Gasteiger partial charge is 0.242 e. The number of anilines is 1. The van der Waals surface area contributed by atoms with Gasteiger partial charge >= 0.3 is 0 Å². The van der Waals surface area contributed by atoms with Crippen molar-refractivity contribution in [3.05, 3.63) is 21.6 Å². The predicted octanol–water partition coefficient (Wildman–Crippen LogP) is 3.54. The fourth-order valence-corrected chi connectivity index (χ4v) is 5.25. The minimum absolute atomic E-state index is 0.0883. The van der Waals surface area contributed by atoms with E-state index in [1.54, 1.807) is 0 Å². The van der Waals surface area contributed by atoms with E-state index in [0.29, 0.717) is 21.1 Å². The quantitative estimate of drug-likeness (QED) is 0.784. The van der Waals surface area contributed by atoms with Gasteiger partial charge in [0.15, 0.2) is 0 Å². The van der Waals surface area contributed by atoms with E-state index in [1.165, 1.54) is 25.0 Å². The van der Waals surface area contributed by atoms with Crippen molar-refractivity contribution in [1.82, 2.24) is 4.72 Å². The maximum absolute atomic E-state index is 12.5. The van der Waals surface area contributed by atoms with Crippen LogP contribution in [0.25, 0.3) is 0 Å². The molecule has 4 nitrogen and oxygen atoms in total. The summed E-state index contributed by atoms with van der Waals surface area (Å²) in [7, 11) is -3.63. The number of rotatable bonds is 4. The zero-order valence-corrected chi connectivity index (χ0v) is 14.4. The molecule has 2 rings (SSSR count). The molecule has 0 aromatic heterocycles. The van der Waals surface area contributed by atoms with E-state index in [1.807, 2.05) is 6.92 Å². The Bertz CT molecular complexity index is 601. The summed E-state index contributed by atoms with van der Waals surface area (Å²) in [5.41, 5.74) is 6.06. The molecule has 1 aliphatic rings. The second kappa shape index (κ2) is 6.22. The van der Waals surface area contributed by atoms with Gasteiger partial charge in [0.25, 0.3) is 0 Å². The first-order chi connectivity index (χ1) is 9.31. The Kier molecular flexibility index (Phi) is 5.00. The van der Waals surface area contributed by atoms with Crippen LogP contribution in [0, 0.1) is 5.92 Å². The van der Waals surface area contributed by atoms with Gasteiger partial charge in [0, 0.05) is 16.8 Å². The predicted molar refractivity (Wildman–Crippen MR) is 85.3 cm³/mol. The Hall–Kier alpha value is -0.300. The van der Waals surface area contributed by atoms with Crippen LogP contribution in [0.3, 0.4) is 0 Å². The number of nitrogens with one attached hydrogen (secondary N) is 1. The van der Waals surface area contributed by atoms with Gasteiger partial charge in [0.1, 0.15) is 0 Å². The van der Waals surface area contributed by atoms with Crippen molar-refractivity contribution < 1.29 is 8.42 Å². The number of nitrogens with two attached hydrogens (primary N) is 1. The number of nitrogen functional groups attached to an aromatic ring is 1.